The first-order valence-electron chi connectivity index (χ1n) is 6.07. The molecule has 1 saturated carbocycles. The smallest absolute Gasteiger partial charge is 0.277 e. The van der Waals surface area contributed by atoms with Gasteiger partial charge < -0.3 is 10.5 Å². The zero-order valence-electron chi connectivity index (χ0n) is 10.2. The van der Waals surface area contributed by atoms with Crippen LogP contribution in [-0.4, -0.2) is 39.3 Å². The molecular formula is C10H21N3O3S. The van der Waals surface area contributed by atoms with Crippen molar-refractivity contribution in [2.45, 2.75) is 50.9 Å². The summed E-state index contributed by atoms with van der Waals surface area (Å²) in [6, 6.07) is -0.563. The third-order valence-corrected chi connectivity index (χ3v) is 4.72. The third kappa shape index (κ3) is 2.79. The summed E-state index contributed by atoms with van der Waals surface area (Å²) in [4.78, 5) is 0. The highest BCUT2D eigenvalue weighted by atomic mass is 32.2. The fourth-order valence-electron chi connectivity index (χ4n) is 2.62. The number of hydrogen-bond acceptors (Lipinski definition) is 4. The van der Waals surface area contributed by atoms with Crippen LogP contribution in [0.2, 0.25) is 0 Å². The SMILES string of the molecule is CC(C)NS(=O)(=O)NC1C(N)C2CCCOC21. The van der Waals surface area contributed by atoms with Crippen LogP contribution in [0.1, 0.15) is 26.7 Å². The lowest BCUT2D eigenvalue weighted by Gasteiger charge is -2.52. The van der Waals surface area contributed by atoms with Crippen LogP contribution in [0, 0.1) is 5.92 Å². The van der Waals surface area contributed by atoms with E-state index in [1.807, 2.05) is 0 Å². The quantitative estimate of drug-likeness (QED) is 0.626. The van der Waals surface area contributed by atoms with Gasteiger partial charge in [0.25, 0.3) is 10.2 Å². The topological polar surface area (TPSA) is 93.5 Å². The molecule has 0 amide bonds. The molecule has 0 aromatic rings. The van der Waals surface area contributed by atoms with Crippen molar-refractivity contribution in [2.24, 2.45) is 11.7 Å². The molecule has 4 N–H and O–H groups in total. The van der Waals surface area contributed by atoms with Crippen LogP contribution in [0.5, 0.6) is 0 Å². The van der Waals surface area contributed by atoms with Crippen LogP contribution in [0.4, 0.5) is 0 Å². The van der Waals surface area contributed by atoms with Gasteiger partial charge in [0.1, 0.15) is 0 Å². The van der Waals surface area contributed by atoms with Gasteiger partial charge in [0.15, 0.2) is 0 Å². The lowest BCUT2D eigenvalue weighted by Crippen LogP contribution is -2.72. The van der Waals surface area contributed by atoms with Gasteiger partial charge in [0.2, 0.25) is 0 Å². The maximum Gasteiger partial charge on any atom is 0.277 e. The normalized spacial score (nSPS) is 37.6. The Hall–Kier alpha value is -0.210. The van der Waals surface area contributed by atoms with Gasteiger partial charge in [-0.2, -0.15) is 17.9 Å². The first kappa shape index (κ1) is 13.2. The van der Waals surface area contributed by atoms with E-state index in [-0.39, 0.29) is 24.2 Å². The highest BCUT2D eigenvalue weighted by Gasteiger charge is 2.51. The number of fused-ring (bicyclic) bond motifs is 1. The Morgan fingerprint density at radius 2 is 2.12 bits per heavy atom. The van der Waals surface area contributed by atoms with Gasteiger partial charge in [-0.1, -0.05) is 0 Å². The molecule has 7 heteroatoms. The van der Waals surface area contributed by atoms with Gasteiger partial charge in [-0.3, -0.25) is 0 Å². The van der Waals surface area contributed by atoms with E-state index in [9.17, 15) is 8.42 Å². The second-order valence-corrected chi connectivity index (χ2v) is 6.62. The second kappa shape index (κ2) is 4.81. The van der Waals surface area contributed by atoms with Crippen LogP contribution >= 0.6 is 0 Å². The Morgan fingerprint density at radius 1 is 1.41 bits per heavy atom. The number of ether oxygens (including phenoxy) is 1. The van der Waals surface area contributed by atoms with Crippen LogP contribution in [0.25, 0.3) is 0 Å². The summed E-state index contributed by atoms with van der Waals surface area (Å²) in [5.41, 5.74) is 5.98. The molecule has 1 heterocycles. The molecule has 4 unspecified atom stereocenters. The van der Waals surface area contributed by atoms with Crippen molar-refractivity contribution in [1.29, 1.82) is 0 Å². The molecule has 0 aromatic heterocycles. The van der Waals surface area contributed by atoms with Crippen molar-refractivity contribution in [3.05, 3.63) is 0 Å². The average molecular weight is 263 g/mol. The highest BCUT2D eigenvalue weighted by molar-refractivity contribution is 7.87. The zero-order chi connectivity index (χ0) is 12.6. The minimum atomic E-state index is -3.48. The Labute approximate surface area is 102 Å². The monoisotopic (exact) mass is 263 g/mol. The fourth-order valence-corrected chi connectivity index (χ4v) is 3.95. The molecular weight excluding hydrogens is 242 g/mol. The van der Waals surface area contributed by atoms with Crippen LogP contribution < -0.4 is 15.2 Å². The summed E-state index contributed by atoms with van der Waals surface area (Å²) >= 11 is 0. The van der Waals surface area contributed by atoms with Gasteiger partial charge in [-0.25, -0.2) is 0 Å². The maximum absolute atomic E-state index is 11.7. The summed E-state index contributed by atoms with van der Waals surface area (Å²) in [6.07, 6.45) is 1.99. The average Bonchev–Trinajstić information content (AvgIpc) is 2.24. The predicted octanol–water partition coefficient (Wildman–Crippen LogP) is -0.676. The van der Waals surface area contributed by atoms with E-state index < -0.39 is 10.2 Å². The van der Waals surface area contributed by atoms with Crippen molar-refractivity contribution in [3.63, 3.8) is 0 Å². The van der Waals surface area contributed by atoms with Crippen molar-refractivity contribution in [3.8, 4) is 0 Å². The van der Waals surface area contributed by atoms with E-state index in [2.05, 4.69) is 9.44 Å². The van der Waals surface area contributed by atoms with Gasteiger partial charge in [0.05, 0.1) is 12.1 Å². The molecule has 2 rings (SSSR count). The third-order valence-electron chi connectivity index (χ3n) is 3.36. The Bertz CT molecular complexity index is 371. The number of nitrogens with one attached hydrogen (secondary N) is 2. The molecule has 1 aliphatic carbocycles. The lowest BCUT2D eigenvalue weighted by molar-refractivity contribution is -0.114. The lowest BCUT2D eigenvalue weighted by atomic mass is 9.69. The molecule has 0 radical (unpaired) electrons. The molecule has 2 fully saturated rings. The molecule has 100 valence electrons. The first-order valence-corrected chi connectivity index (χ1v) is 7.56. The van der Waals surface area contributed by atoms with Gasteiger partial charge in [0, 0.05) is 24.6 Å². The van der Waals surface area contributed by atoms with Crippen molar-refractivity contribution in [1.82, 2.24) is 9.44 Å². The summed E-state index contributed by atoms with van der Waals surface area (Å²) in [6.45, 7) is 4.25. The van der Waals surface area contributed by atoms with Crippen LogP contribution in [0.3, 0.4) is 0 Å². The van der Waals surface area contributed by atoms with E-state index in [0.29, 0.717) is 12.5 Å². The molecule has 0 bridgehead atoms. The number of rotatable bonds is 4. The summed E-state index contributed by atoms with van der Waals surface area (Å²) in [5.74, 6) is 0.301. The molecule has 17 heavy (non-hydrogen) atoms. The largest absolute Gasteiger partial charge is 0.376 e. The molecule has 0 spiro atoms. The van der Waals surface area contributed by atoms with Gasteiger partial charge in [-0.15, -0.1) is 0 Å². The zero-order valence-corrected chi connectivity index (χ0v) is 11.0. The Morgan fingerprint density at radius 3 is 2.76 bits per heavy atom. The minimum absolute atomic E-state index is 0.0533. The first-order chi connectivity index (χ1) is 7.91. The molecule has 2 aliphatic rings. The highest BCUT2D eigenvalue weighted by Crippen LogP contribution is 2.37. The van der Waals surface area contributed by atoms with Gasteiger partial charge in [-0.05, 0) is 26.7 Å². The molecule has 6 nitrogen and oxygen atoms in total. The predicted molar refractivity (Wildman–Crippen MR) is 64.6 cm³/mol. The van der Waals surface area contributed by atoms with Gasteiger partial charge >= 0.3 is 0 Å². The van der Waals surface area contributed by atoms with Crippen LogP contribution in [0.15, 0.2) is 0 Å². The second-order valence-electron chi connectivity index (χ2n) is 5.14. The number of nitrogens with two attached hydrogens (primary N) is 1. The number of hydrogen-bond donors (Lipinski definition) is 3. The standard InChI is InChI=1S/C10H21N3O3S/c1-6(2)12-17(14,15)13-9-8(11)7-4-3-5-16-10(7)9/h6-10,12-13H,3-5,11H2,1-2H3. The maximum atomic E-state index is 11.7. The van der Waals surface area contributed by atoms with E-state index >= 15 is 0 Å². The summed E-state index contributed by atoms with van der Waals surface area (Å²) in [7, 11) is -3.48. The van der Waals surface area contributed by atoms with Crippen molar-refractivity contribution < 1.29 is 13.2 Å². The fraction of sp³-hybridized carbons (Fsp3) is 1.00. The van der Waals surface area contributed by atoms with Crippen molar-refractivity contribution >= 4 is 10.2 Å². The Balaban J connectivity index is 1.95. The summed E-state index contributed by atoms with van der Waals surface area (Å²) in [5, 5.41) is 0. The van der Waals surface area contributed by atoms with E-state index in [1.165, 1.54) is 0 Å². The van der Waals surface area contributed by atoms with Crippen molar-refractivity contribution in [2.75, 3.05) is 6.61 Å². The molecule has 0 aromatic carbocycles. The van der Waals surface area contributed by atoms with Crippen LogP contribution in [-0.2, 0) is 14.9 Å². The minimum Gasteiger partial charge on any atom is -0.376 e. The van der Waals surface area contributed by atoms with E-state index in [1.54, 1.807) is 13.8 Å². The summed E-state index contributed by atoms with van der Waals surface area (Å²) < 4.78 is 34.1. The molecule has 4 atom stereocenters. The molecule has 1 aliphatic heterocycles. The van der Waals surface area contributed by atoms with E-state index in [4.69, 9.17) is 10.5 Å². The Kier molecular flexibility index (Phi) is 3.74. The molecule has 1 saturated heterocycles. The van der Waals surface area contributed by atoms with E-state index in [0.717, 1.165) is 12.8 Å².